The summed E-state index contributed by atoms with van der Waals surface area (Å²) in [5.74, 6) is 0.576. The van der Waals surface area contributed by atoms with Gasteiger partial charge in [-0.05, 0) is 43.9 Å². The number of halogens is 1. The Morgan fingerprint density at radius 3 is 2.81 bits per heavy atom. The number of pyridine rings is 1. The van der Waals surface area contributed by atoms with Crippen molar-refractivity contribution in [1.82, 2.24) is 10.3 Å². The van der Waals surface area contributed by atoms with Crippen molar-refractivity contribution in [1.29, 1.82) is 0 Å². The molecule has 88 valence electrons. The quantitative estimate of drug-likeness (QED) is 0.828. The highest BCUT2D eigenvalue weighted by atomic mass is 19.1. The summed E-state index contributed by atoms with van der Waals surface area (Å²) in [5.41, 5.74) is 0.947. The summed E-state index contributed by atoms with van der Waals surface area (Å²) in [4.78, 5) is 4.13. The maximum absolute atomic E-state index is 12.7. The van der Waals surface area contributed by atoms with E-state index >= 15 is 0 Å². The zero-order valence-corrected chi connectivity index (χ0v) is 9.75. The smallest absolute Gasteiger partial charge is 0.141 e. The maximum atomic E-state index is 12.7. The van der Waals surface area contributed by atoms with Crippen LogP contribution in [0.3, 0.4) is 0 Å². The first kappa shape index (κ1) is 11.5. The van der Waals surface area contributed by atoms with Crippen molar-refractivity contribution >= 4 is 0 Å². The molecular weight excluding hydrogens is 203 g/mol. The highest BCUT2D eigenvalue weighted by Crippen LogP contribution is 2.26. The molecule has 0 aliphatic heterocycles. The number of hydrogen-bond acceptors (Lipinski definition) is 2. The van der Waals surface area contributed by atoms with E-state index in [4.69, 9.17) is 0 Å². The Balaban J connectivity index is 1.90. The molecule has 1 unspecified atom stereocenters. The molecule has 1 aliphatic rings. The van der Waals surface area contributed by atoms with Crippen molar-refractivity contribution in [2.45, 2.75) is 38.6 Å². The van der Waals surface area contributed by atoms with E-state index in [2.05, 4.69) is 17.2 Å². The van der Waals surface area contributed by atoms with Gasteiger partial charge in [-0.2, -0.15) is 0 Å². The van der Waals surface area contributed by atoms with Crippen molar-refractivity contribution in [2.24, 2.45) is 5.92 Å². The van der Waals surface area contributed by atoms with E-state index in [0.717, 1.165) is 24.6 Å². The van der Waals surface area contributed by atoms with Crippen LogP contribution in [0.25, 0.3) is 0 Å². The Bertz CT molecular complexity index is 319. The van der Waals surface area contributed by atoms with Crippen molar-refractivity contribution in [3.8, 4) is 0 Å². The molecule has 1 N–H and O–H groups in total. The standard InChI is InChI=1S/C13H19FN2/c1-2-12(15-8-10-4-3-5-10)13-7-6-11(14)9-16-13/h6-7,9-10,12,15H,2-5,8H2,1H3. The van der Waals surface area contributed by atoms with Crippen LogP contribution in [-0.2, 0) is 0 Å². The van der Waals surface area contributed by atoms with Gasteiger partial charge in [-0.1, -0.05) is 13.3 Å². The monoisotopic (exact) mass is 222 g/mol. The Kier molecular flexibility index (Phi) is 3.88. The van der Waals surface area contributed by atoms with Crippen LogP contribution < -0.4 is 5.32 Å². The van der Waals surface area contributed by atoms with E-state index in [9.17, 15) is 4.39 Å². The third kappa shape index (κ3) is 2.79. The minimum Gasteiger partial charge on any atom is -0.308 e. The maximum Gasteiger partial charge on any atom is 0.141 e. The number of aromatic nitrogens is 1. The number of rotatable bonds is 5. The van der Waals surface area contributed by atoms with Crippen LogP contribution in [0.5, 0.6) is 0 Å². The largest absolute Gasteiger partial charge is 0.308 e. The lowest BCUT2D eigenvalue weighted by atomic mass is 9.85. The number of nitrogens with zero attached hydrogens (tertiary/aromatic N) is 1. The molecule has 0 saturated heterocycles. The summed E-state index contributed by atoms with van der Waals surface area (Å²) in [6, 6.07) is 3.52. The second-order valence-electron chi connectivity index (χ2n) is 4.57. The SMILES string of the molecule is CCC(NCC1CCC1)c1ccc(F)cn1. The van der Waals surface area contributed by atoms with Crippen molar-refractivity contribution in [3.63, 3.8) is 0 Å². The molecule has 0 radical (unpaired) electrons. The molecular formula is C13H19FN2. The van der Waals surface area contributed by atoms with Gasteiger partial charge in [-0.3, -0.25) is 4.98 Å². The summed E-state index contributed by atoms with van der Waals surface area (Å²) in [5, 5.41) is 3.52. The van der Waals surface area contributed by atoms with Gasteiger partial charge in [0.25, 0.3) is 0 Å². The third-order valence-electron chi connectivity index (χ3n) is 3.39. The van der Waals surface area contributed by atoms with Gasteiger partial charge in [0.2, 0.25) is 0 Å². The van der Waals surface area contributed by atoms with E-state index in [1.165, 1.54) is 31.5 Å². The molecule has 0 amide bonds. The van der Waals surface area contributed by atoms with Crippen LogP contribution in [0, 0.1) is 11.7 Å². The fraction of sp³-hybridized carbons (Fsp3) is 0.615. The first-order valence-corrected chi connectivity index (χ1v) is 6.14. The number of hydrogen-bond donors (Lipinski definition) is 1. The topological polar surface area (TPSA) is 24.9 Å². The lowest BCUT2D eigenvalue weighted by Gasteiger charge is -2.28. The van der Waals surface area contributed by atoms with Crippen LogP contribution in [0.1, 0.15) is 44.3 Å². The molecule has 2 rings (SSSR count). The zero-order valence-electron chi connectivity index (χ0n) is 9.75. The van der Waals surface area contributed by atoms with Gasteiger partial charge in [0, 0.05) is 6.04 Å². The van der Waals surface area contributed by atoms with Gasteiger partial charge in [0.05, 0.1) is 11.9 Å². The van der Waals surface area contributed by atoms with E-state index < -0.39 is 0 Å². The summed E-state index contributed by atoms with van der Waals surface area (Å²) in [6.07, 6.45) is 6.35. The normalized spacial score (nSPS) is 18.1. The second kappa shape index (κ2) is 5.39. The first-order chi connectivity index (χ1) is 7.79. The zero-order chi connectivity index (χ0) is 11.4. The van der Waals surface area contributed by atoms with Crippen molar-refractivity contribution < 1.29 is 4.39 Å². The predicted molar refractivity (Wildman–Crippen MR) is 62.6 cm³/mol. The first-order valence-electron chi connectivity index (χ1n) is 6.14. The summed E-state index contributed by atoms with van der Waals surface area (Å²) in [7, 11) is 0. The fourth-order valence-corrected chi connectivity index (χ4v) is 2.06. The molecule has 0 bridgehead atoms. The predicted octanol–water partition coefficient (Wildman–Crippen LogP) is 3.06. The second-order valence-corrected chi connectivity index (χ2v) is 4.57. The lowest BCUT2D eigenvalue weighted by molar-refractivity contribution is 0.286. The van der Waals surface area contributed by atoms with E-state index in [1.54, 1.807) is 6.07 Å². The minimum absolute atomic E-state index is 0.265. The van der Waals surface area contributed by atoms with Gasteiger partial charge in [-0.25, -0.2) is 4.39 Å². The van der Waals surface area contributed by atoms with Crippen LogP contribution in [0.4, 0.5) is 4.39 Å². The summed E-state index contributed by atoms with van der Waals surface area (Å²) < 4.78 is 12.7. The average Bonchev–Trinajstić information content (AvgIpc) is 2.24. The molecule has 2 nitrogen and oxygen atoms in total. The summed E-state index contributed by atoms with van der Waals surface area (Å²) in [6.45, 7) is 3.20. The van der Waals surface area contributed by atoms with Crippen molar-refractivity contribution in [3.05, 3.63) is 29.8 Å². The highest BCUT2D eigenvalue weighted by Gasteiger charge is 2.19. The molecule has 1 saturated carbocycles. The van der Waals surface area contributed by atoms with Crippen LogP contribution >= 0.6 is 0 Å². The van der Waals surface area contributed by atoms with Gasteiger partial charge < -0.3 is 5.32 Å². The molecule has 0 spiro atoms. The minimum atomic E-state index is -0.266. The average molecular weight is 222 g/mol. The highest BCUT2D eigenvalue weighted by molar-refractivity contribution is 5.09. The molecule has 16 heavy (non-hydrogen) atoms. The van der Waals surface area contributed by atoms with Gasteiger partial charge in [0.15, 0.2) is 0 Å². The van der Waals surface area contributed by atoms with Crippen LogP contribution in [-0.4, -0.2) is 11.5 Å². The molecule has 1 aliphatic carbocycles. The fourth-order valence-electron chi connectivity index (χ4n) is 2.06. The van der Waals surface area contributed by atoms with Gasteiger partial charge in [-0.15, -0.1) is 0 Å². The van der Waals surface area contributed by atoms with E-state index in [-0.39, 0.29) is 11.9 Å². The number of nitrogens with one attached hydrogen (secondary N) is 1. The van der Waals surface area contributed by atoms with Gasteiger partial charge >= 0.3 is 0 Å². The molecule has 0 aromatic carbocycles. The Hall–Kier alpha value is -0.960. The molecule has 1 aromatic heterocycles. The van der Waals surface area contributed by atoms with Crippen molar-refractivity contribution in [2.75, 3.05) is 6.54 Å². The van der Waals surface area contributed by atoms with E-state index in [1.807, 2.05) is 0 Å². The Morgan fingerprint density at radius 2 is 2.31 bits per heavy atom. The van der Waals surface area contributed by atoms with Gasteiger partial charge in [0.1, 0.15) is 5.82 Å². The lowest BCUT2D eigenvalue weighted by Crippen LogP contribution is -2.30. The molecule has 1 aromatic rings. The third-order valence-corrected chi connectivity index (χ3v) is 3.39. The Morgan fingerprint density at radius 1 is 1.50 bits per heavy atom. The molecule has 3 heteroatoms. The Labute approximate surface area is 96.3 Å². The van der Waals surface area contributed by atoms with Crippen LogP contribution in [0.2, 0.25) is 0 Å². The van der Waals surface area contributed by atoms with E-state index in [0.29, 0.717) is 0 Å². The van der Waals surface area contributed by atoms with Crippen LogP contribution in [0.15, 0.2) is 18.3 Å². The molecule has 1 atom stereocenters. The molecule has 1 fully saturated rings. The molecule has 1 heterocycles. The summed E-state index contributed by atoms with van der Waals surface area (Å²) >= 11 is 0.